The zero-order valence-electron chi connectivity index (χ0n) is 20.7. The maximum Gasteiger partial charge on any atom is 0.333 e. The fraction of sp³-hybridized carbons (Fsp3) is 0.310. The topological polar surface area (TPSA) is 94.1 Å². The highest BCUT2D eigenvalue weighted by Gasteiger charge is 2.20. The van der Waals surface area contributed by atoms with Crippen LogP contribution in [0, 0.1) is 0 Å². The number of hydrogen-bond acceptors (Lipinski definition) is 5. The summed E-state index contributed by atoms with van der Waals surface area (Å²) in [6.07, 6.45) is -0.0332. The highest BCUT2D eigenvalue weighted by atomic mass is 16.5. The van der Waals surface area contributed by atoms with Gasteiger partial charge in [0, 0.05) is 19.6 Å². The van der Waals surface area contributed by atoms with Gasteiger partial charge in [-0.3, -0.25) is 4.79 Å². The van der Waals surface area contributed by atoms with E-state index in [0.29, 0.717) is 31.7 Å². The van der Waals surface area contributed by atoms with Crippen molar-refractivity contribution in [1.29, 1.82) is 0 Å². The fourth-order valence-electron chi connectivity index (χ4n) is 3.62. The third-order valence-electron chi connectivity index (χ3n) is 5.54. The first-order chi connectivity index (χ1) is 17.5. The van der Waals surface area contributed by atoms with Gasteiger partial charge in [0.15, 0.2) is 12.2 Å². The number of carboxylic acids is 1. The van der Waals surface area contributed by atoms with Crippen LogP contribution < -0.4 is 14.8 Å². The molecule has 190 valence electrons. The number of rotatable bonds is 14. The van der Waals surface area contributed by atoms with E-state index < -0.39 is 18.2 Å². The molecule has 0 saturated carbocycles. The van der Waals surface area contributed by atoms with Gasteiger partial charge in [0.05, 0.1) is 0 Å². The van der Waals surface area contributed by atoms with E-state index in [4.69, 9.17) is 14.2 Å². The molecule has 0 saturated heterocycles. The molecule has 3 rings (SSSR count). The summed E-state index contributed by atoms with van der Waals surface area (Å²) in [6.45, 7) is 4.48. The number of nitrogens with one attached hydrogen (secondary N) is 1. The summed E-state index contributed by atoms with van der Waals surface area (Å²) in [4.78, 5) is 23.9. The average molecular weight is 492 g/mol. The second-order valence-electron chi connectivity index (χ2n) is 8.25. The van der Waals surface area contributed by atoms with E-state index in [-0.39, 0.29) is 12.3 Å². The van der Waals surface area contributed by atoms with Crippen molar-refractivity contribution in [2.75, 3.05) is 13.2 Å². The number of aliphatic carboxylic acids is 1. The van der Waals surface area contributed by atoms with Crippen molar-refractivity contribution in [2.24, 2.45) is 0 Å². The summed E-state index contributed by atoms with van der Waals surface area (Å²) in [7, 11) is 0. The molecule has 0 radical (unpaired) electrons. The minimum absolute atomic E-state index is 0.173. The molecule has 7 heteroatoms. The van der Waals surface area contributed by atoms with Gasteiger partial charge >= 0.3 is 5.97 Å². The molecule has 0 aliphatic carbocycles. The van der Waals surface area contributed by atoms with E-state index in [0.717, 1.165) is 22.6 Å². The van der Waals surface area contributed by atoms with E-state index in [2.05, 4.69) is 5.32 Å². The van der Waals surface area contributed by atoms with E-state index in [9.17, 15) is 14.7 Å². The van der Waals surface area contributed by atoms with E-state index in [1.165, 1.54) is 0 Å². The maximum absolute atomic E-state index is 12.6. The number of carbonyl (C=O) groups is 2. The van der Waals surface area contributed by atoms with Crippen LogP contribution in [0.25, 0.3) is 0 Å². The minimum atomic E-state index is -0.989. The predicted octanol–water partition coefficient (Wildman–Crippen LogP) is 5.03. The van der Waals surface area contributed by atoms with Gasteiger partial charge in [-0.05, 0) is 67.3 Å². The van der Waals surface area contributed by atoms with Crippen LogP contribution in [-0.2, 0) is 27.2 Å². The van der Waals surface area contributed by atoms with Crippen molar-refractivity contribution in [3.63, 3.8) is 0 Å². The van der Waals surface area contributed by atoms with Crippen LogP contribution in [0.5, 0.6) is 17.2 Å². The Kier molecular flexibility index (Phi) is 10.3. The molecule has 0 aromatic heterocycles. The third kappa shape index (κ3) is 8.43. The summed E-state index contributed by atoms with van der Waals surface area (Å²) in [5.74, 6) is 0.936. The van der Waals surface area contributed by atoms with Gasteiger partial charge in [-0.2, -0.15) is 0 Å². The standard InChI is InChI=1S/C29H33NO6/c1-3-26(36-25-16-12-22(13-17-25)20-27(29(32)33)34-4-2)28(31)30-19-18-21-10-14-24(15-11-21)35-23-8-6-5-7-9-23/h5-17,26-27H,3-4,18-20H2,1-2H3,(H,30,31)(H,32,33)/t26?,27-/m0/s1. The van der Waals surface area contributed by atoms with Gasteiger partial charge in [0.25, 0.3) is 5.91 Å². The Morgan fingerprint density at radius 1 is 0.806 bits per heavy atom. The second kappa shape index (κ2) is 13.9. The first kappa shape index (κ1) is 26.8. The zero-order valence-corrected chi connectivity index (χ0v) is 20.7. The molecule has 36 heavy (non-hydrogen) atoms. The van der Waals surface area contributed by atoms with Crippen molar-refractivity contribution < 1.29 is 28.9 Å². The van der Waals surface area contributed by atoms with Crippen molar-refractivity contribution in [3.05, 3.63) is 90.0 Å². The van der Waals surface area contributed by atoms with Gasteiger partial charge in [0.1, 0.15) is 17.2 Å². The molecular weight excluding hydrogens is 458 g/mol. The number of amides is 1. The first-order valence-corrected chi connectivity index (χ1v) is 12.2. The highest BCUT2D eigenvalue weighted by Crippen LogP contribution is 2.21. The molecule has 0 heterocycles. The van der Waals surface area contributed by atoms with Crippen molar-refractivity contribution in [3.8, 4) is 17.2 Å². The lowest BCUT2D eigenvalue weighted by molar-refractivity contribution is -0.150. The minimum Gasteiger partial charge on any atom is -0.481 e. The van der Waals surface area contributed by atoms with Crippen LogP contribution in [-0.4, -0.2) is 42.3 Å². The van der Waals surface area contributed by atoms with Crippen molar-refractivity contribution in [2.45, 2.75) is 45.3 Å². The lowest BCUT2D eigenvalue weighted by atomic mass is 10.1. The summed E-state index contributed by atoms with van der Waals surface area (Å²) < 4.78 is 16.9. The molecule has 2 N–H and O–H groups in total. The van der Waals surface area contributed by atoms with Crippen LogP contribution in [0.2, 0.25) is 0 Å². The molecule has 0 fully saturated rings. The Hall–Kier alpha value is -3.84. The predicted molar refractivity (Wildman–Crippen MR) is 138 cm³/mol. The van der Waals surface area contributed by atoms with Crippen LogP contribution in [0.3, 0.4) is 0 Å². The van der Waals surface area contributed by atoms with Gasteiger partial charge in [0.2, 0.25) is 0 Å². The largest absolute Gasteiger partial charge is 0.481 e. The summed E-state index contributed by atoms with van der Waals surface area (Å²) in [6, 6.07) is 24.5. The number of benzene rings is 3. The zero-order chi connectivity index (χ0) is 25.8. The monoisotopic (exact) mass is 491 g/mol. The number of ether oxygens (including phenoxy) is 3. The molecule has 0 aliphatic rings. The number of hydrogen-bond donors (Lipinski definition) is 2. The molecule has 0 bridgehead atoms. The van der Waals surface area contributed by atoms with Crippen LogP contribution in [0.1, 0.15) is 31.4 Å². The molecular formula is C29H33NO6. The van der Waals surface area contributed by atoms with E-state index in [1.54, 1.807) is 31.2 Å². The van der Waals surface area contributed by atoms with Crippen molar-refractivity contribution >= 4 is 11.9 Å². The molecule has 3 aromatic carbocycles. The fourth-order valence-corrected chi connectivity index (χ4v) is 3.62. The Morgan fingerprint density at radius 2 is 1.42 bits per heavy atom. The van der Waals surface area contributed by atoms with E-state index >= 15 is 0 Å². The van der Waals surface area contributed by atoms with Crippen LogP contribution >= 0.6 is 0 Å². The summed E-state index contributed by atoms with van der Waals surface area (Å²) in [5, 5.41) is 12.2. The maximum atomic E-state index is 12.6. The van der Waals surface area contributed by atoms with Gasteiger partial charge in [-0.25, -0.2) is 4.79 Å². The Balaban J connectivity index is 1.45. The molecule has 0 aliphatic heterocycles. The summed E-state index contributed by atoms with van der Waals surface area (Å²) >= 11 is 0. The summed E-state index contributed by atoms with van der Waals surface area (Å²) in [5.41, 5.74) is 1.91. The smallest absolute Gasteiger partial charge is 0.333 e. The number of carbonyl (C=O) groups excluding carboxylic acids is 1. The Labute approximate surface area is 212 Å². The molecule has 2 atom stereocenters. The normalized spacial score (nSPS) is 12.4. The second-order valence-corrected chi connectivity index (χ2v) is 8.25. The molecule has 3 aromatic rings. The number of para-hydroxylation sites is 1. The van der Waals surface area contributed by atoms with Gasteiger partial charge in [-0.15, -0.1) is 0 Å². The highest BCUT2D eigenvalue weighted by molar-refractivity contribution is 5.81. The van der Waals surface area contributed by atoms with Crippen LogP contribution in [0.4, 0.5) is 0 Å². The molecule has 7 nitrogen and oxygen atoms in total. The molecule has 1 unspecified atom stereocenters. The van der Waals surface area contributed by atoms with Gasteiger partial charge < -0.3 is 24.6 Å². The SMILES string of the molecule is CCO[C@@H](Cc1ccc(OC(CC)C(=O)NCCc2ccc(Oc3ccccc3)cc2)cc1)C(=O)O. The van der Waals surface area contributed by atoms with Crippen molar-refractivity contribution in [1.82, 2.24) is 5.32 Å². The van der Waals surface area contributed by atoms with E-state index in [1.807, 2.05) is 61.5 Å². The lowest BCUT2D eigenvalue weighted by Gasteiger charge is -2.18. The molecule has 1 amide bonds. The van der Waals surface area contributed by atoms with Crippen LogP contribution in [0.15, 0.2) is 78.9 Å². The number of carboxylic acid groups (broad SMARTS) is 1. The Bertz CT molecular complexity index is 1080. The first-order valence-electron chi connectivity index (χ1n) is 12.2. The average Bonchev–Trinajstić information content (AvgIpc) is 2.89. The molecule has 0 spiro atoms. The van der Waals surface area contributed by atoms with Gasteiger partial charge in [-0.1, -0.05) is 49.4 Å². The quantitative estimate of drug-likeness (QED) is 0.329. The third-order valence-corrected chi connectivity index (χ3v) is 5.54. The lowest BCUT2D eigenvalue weighted by Crippen LogP contribution is -2.38. The Morgan fingerprint density at radius 3 is 2.03 bits per heavy atom.